The van der Waals surface area contributed by atoms with Crippen molar-refractivity contribution in [1.29, 1.82) is 0 Å². The van der Waals surface area contributed by atoms with Crippen molar-refractivity contribution < 1.29 is 14.3 Å². The zero-order chi connectivity index (χ0) is 17.5. The Balaban J connectivity index is 1.78. The van der Waals surface area contributed by atoms with Crippen LogP contribution in [0.2, 0.25) is 0 Å². The van der Waals surface area contributed by atoms with Crippen LogP contribution < -0.4 is 10.1 Å². The van der Waals surface area contributed by atoms with Gasteiger partial charge in [0.2, 0.25) is 0 Å². The second kappa shape index (κ2) is 8.65. The normalized spacial score (nSPS) is 16.2. The Kier molecular flexibility index (Phi) is 6.04. The van der Waals surface area contributed by atoms with E-state index in [1.54, 1.807) is 19.2 Å². The summed E-state index contributed by atoms with van der Waals surface area (Å²) in [5, 5.41) is 3.17. The molecule has 25 heavy (non-hydrogen) atoms. The zero-order valence-corrected chi connectivity index (χ0v) is 14.5. The minimum Gasteiger partial charge on any atom is -0.496 e. The number of carbonyl (C=O) groups is 1. The number of morpholine rings is 1. The van der Waals surface area contributed by atoms with Crippen LogP contribution in [0.15, 0.2) is 54.6 Å². The lowest BCUT2D eigenvalue weighted by Gasteiger charge is -2.31. The lowest BCUT2D eigenvalue weighted by molar-refractivity contribution is 0.0332. The van der Waals surface area contributed by atoms with E-state index in [9.17, 15) is 4.79 Å². The number of para-hydroxylation sites is 1. The molecule has 1 aliphatic rings. The van der Waals surface area contributed by atoms with Gasteiger partial charge in [0.05, 0.1) is 31.9 Å². The quantitative estimate of drug-likeness (QED) is 0.878. The van der Waals surface area contributed by atoms with Crippen molar-refractivity contribution in [1.82, 2.24) is 10.2 Å². The largest absolute Gasteiger partial charge is 0.496 e. The zero-order valence-electron chi connectivity index (χ0n) is 14.5. The molecule has 1 aliphatic heterocycles. The molecule has 0 bridgehead atoms. The fourth-order valence-corrected chi connectivity index (χ4v) is 3.03. The van der Waals surface area contributed by atoms with E-state index in [0.29, 0.717) is 11.3 Å². The number of rotatable bonds is 6. The van der Waals surface area contributed by atoms with Crippen LogP contribution in [-0.4, -0.2) is 50.8 Å². The summed E-state index contributed by atoms with van der Waals surface area (Å²) in [7, 11) is 1.58. The Morgan fingerprint density at radius 2 is 1.80 bits per heavy atom. The lowest BCUT2D eigenvalue weighted by Crippen LogP contribution is -2.43. The second-order valence-electron chi connectivity index (χ2n) is 6.05. The van der Waals surface area contributed by atoms with Gasteiger partial charge in [-0.3, -0.25) is 9.69 Å². The number of nitrogens with one attached hydrogen (secondary N) is 1. The van der Waals surface area contributed by atoms with Crippen LogP contribution in [0.5, 0.6) is 5.75 Å². The highest BCUT2D eigenvalue weighted by molar-refractivity contribution is 5.97. The molecular formula is C20H24N2O3. The molecule has 0 aromatic heterocycles. The number of methoxy groups -OCH3 is 1. The third-order valence-electron chi connectivity index (χ3n) is 4.40. The highest BCUT2D eigenvalue weighted by atomic mass is 16.5. The van der Waals surface area contributed by atoms with Gasteiger partial charge in [-0.2, -0.15) is 0 Å². The molecule has 1 saturated heterocycles. The first-order valence-corrected chi connectivity index (χ1v) is 8.57. The SMILES string of the molecule is COc1ccccc1C(=O)NC(CN1CCOCC1)c1ccccc1. The molecule has 2 aromatic rings. The lowest BCUT2D eigenvalue weighted by atomic mass is 10.0. The molecule has 0 saturated carbocycles. The second-order valence-corrected chi connectivity index (χ2v) is 6.05. The number of carbonyl (C=O) groups excluding carboxylic acids is 1. The third kappa shape index (κ3) is 4.59. The number of amides is 1. The topological polar surface area (TPSA) is 50.8 Å². The van der Waals surface area contributed by atoms with E-state index in [1.807, 2.05) is 42.5 Å². The highest BCUT2D eigenvalue weighted by Gasteiger charge is 2.21. The number of ether oxygens (including phenoxy) is 2. The van der Waals surface area contributed by atoms with Gasteiger partial charge in [0, 0.05) is 19.6 Å². The number of hydrogen-bond acceptors (Lipinski definition) is 4. The van der Waals surface area contributed by atoms with E-state index in [0.717, 1.165) is 38.4 Å². The van der Waals surface area contributed by atoms with Crippen molar-refractivity contribution in [2.24, 2.45) is 0 Å². The molecule has 2 aromatic carbocycles. The van der Waals surface area contributed by atoms with E-state index in [2.05, 4.69) is 10.2 Å². The van der Waals surface area contributed by atoms with Gasteiger partial charge in [0.25, 0.3) is 5.91 Å². The molecular weight excluding hydrogens is 316 g/mol. The van der Waals surface area contributed by atoms with E-state index >= 15 is 0 Å². The Morgan fingerprint density at radius 3 is 2.52 bits per heavy atom. The van der Waals surface area contributed by atoms with Gasteiger partial charge in [-0.25, -0.2) is 0 Å². The summed E-state index contributed by atoms with van der Waals surface area (Å²) in [6.45, 7) is 4.00. The molecule has 0 radical (unpaired) electrons. The van der Waals surface area contributed by atoms with Crippen LogP contribution in [0.1, 0.15) is 22.0 Å². The summed E-state index contributed by atoms with van der Waals surface area (Å²) in [5.41, 5.74) is 1.64. The number of benzene rings is 2. The minimum absolute atomic E-state index is 0.0864. The average molecular weight is 340 g/mol. The van der Waals surface area contributed by atoms with Crippen LogP contribution in [0.25, 0.3) is 0 Å². The van der Waals surface area contributed by atoms with Gasteiger partial charge >= 0.3 is 0 Å². The van der Waals surface area contributed by atoms with Crippen molar-refractivity contribution in [3.63, 3.8) is 0 Å². The predicted octanol–water partition coefficient (Wildman–Crippen LogP) is 2.50. The predicted molar refractivity (Wildman–Crippen MR) is 96.9 cm³/mol. The summed E-state index contributed by atoms with van der Waals surface area (Å²) < 4.78 is 10.7. The summed E-state index contributed by atoms with van der Waals surface area (Å²) in [6, 6.07) is 17.3. The van der Waals surface area contributed by atoms with Crippen LogP contribution in [0.4, 0.5) is 0 Å². The van der Waals surface area contributed by atoms with Crippen molar-refractivity contribution in [2.45, 2.75) is 6.04 Å². The van der Waals surface area contributed by atoms with Crippen molar-refractivity contribution in [3.8, 4) is 5.75 Å². The van der Waals surface area contributed by atoms with Crippen LogP contribution in [0, 0.1) is 0 Å². The fourth-order valence-electron chi connectivity index (χ4n) is 3.03. The molecule has 1 atom stereocenters. The molecule has 5 heteroatoms. The Morgan fingerprint density at radius 1 is 1.12 bits per heavy atom. The molecule has 1 N–H and O–H groups in total. The molecule has 5 nitrogen and oxygen atoms in total. The first-order valence-electron chi connectivity index (χ1n) is 8.57. The van der Waals surface area contributed by atoms with E-state index < -0.39 is 0 Å². The van der Waals surface area contributed by atoms with Crippen molar-refractivity contribution in [2.75, 3.05) is 40.0 Å². The standard InChI is InChI=1S/C20H24N2O3/c1-24-19-10-6-5-9-17(19)20(23)21-18(16-7-3-2-4-8-16)15-22-11-13-25-14-12-22/h2-10,18H,11-15H2,1H3,(H,21,23). The molecule has 1 heterocycles. The Bertz CT molecular complexity index is 684. The van der Waals surface area contributed by atoms with Crippen LogP contribution >= 0.6 is 0 Å². The molecule has 1 unspecified atom stereocenters. The Labute approximate surface area is 148 Å². The first-order chi connectivity index (χ1) is 12.3. The molecule has 132 valence electrons. The number of hydrogen-bond donors (Lipinski definition) is 1. The van der Waals surface area contributed by atoms with E-state index in [4.69, 9.17) is 9.47 Å². The monoisotopic (exact) mass is 340 g/mol. The summed E-state index contributed by atoms with van der Waals surface area (Å²) in [4.78, 5) is 15.1. The maximum atomic E-state index is 12.8. The smallest absolute Gasteiger partial charge is 0.255 e. The van der Waals surface area contributed by atoms with Gasteiger partial charge in [0.1, 0.15) is 5.75 Å². The van der Waals surface area contributed by atoms with E-state index in [1.165, 1.54) is 0 Å². The maximum absolute atomic E-state index is 12.8. The average Bonchev–Trinajstić information content (AvgIpc) is 2.69. The van der Waals surface area contributed by atoms with Crippen LogP contribution in [0.3, 0.4) is 0 Å². The summed E-state index contributed by atoms with van der Waals surface area (Å²) in [5.74, 6) is 0.456. The first kappa shape index (κ1) is 17.5. The summed E-state index contributed by atoms with van der Waals surface area (Å²) >= 11 is 0. The van der Waals surface area contributed by atoms with Gasteiger partial charge in [-0.15, -0.1) is 0 Å². The highest BCUT2D eigenvalue weighted by Crippen LogP contribution is 2.20. The van der Waals surface area contributed by atoms with Crippen molar-refractivity contribution in [3.05, 3.63) is 65.7 Å². The molecule has 3 rings (SSSR count). The Hall–Kier alpha value is -2.37. The van der Waals surface area contributed by atoms with Crippen LogP contribution in [-0.2, 0) is 4.74 Å². The van der Waals surface area contributed by atoms with Crippen molar-refractivity contribution >= 4 is 5.91 Å². The van der Waals surface area contributed by atoms with Gasteiger partial charge in [-0.1, -0.05) is 42.5 Å². The molecule has 1 amide bonds. The minimum atomic E-state index is -0.125. The van der Waals surface area contributed by atoms with Gasteiger partial charge < -0.3 is 14.8 Å². The van der Waals surface area contributed by atoms with E-state index in [-0.39, 0.29) is 11.9 Å². The third-order valence-corrected chi connectivity index (χ3v) is 4.40. The summed E-state index contributed by atoms with van der Waals surface area (Å²) in [6.07, 6.45) is 0. The molecule has 0 spiro atoms. The molecule has 1 fully saturated rings. The van der Waals surface area contributed by atoms with Gasteiger partial charge in [-0.05, 0) is 17.7 Å². The van der Waals surface area contributed by atoms with Gasteiger partial charge in [0.15, 0.2) is 0 Å². The number of nitrogens with zero attached hydrogens (tertiary/aromatic N) is 1. The fraction of sp³-hybridized carbons (Fsp3) is 0.350. The molecule has 0 aliphatic carbocycles. The maximum Gasteiger partial charge on any atom is 0.255 e.